The third-order valence-corrected chi connectivity index (χ3v) is 2.67. The Balaban J connectivity index is 2.17. The van der Waals surface area contributed by atoms with Gasteiger partial charge in [0.1, 0.15) is 0 Å². The molecule has 1 atom stereocenters. The third kappa shape index (κ3) is 2.56. The lowest BCUT2D eigenvalue weighted by Gasteiger charge is -2.10. The van der Waals surface area contributed by atoms with E-state index in [9.17, 15) is 4.79 Å². The summed E-state index contributed by atoms with van der Waals surface area (Å²) in [5.74, 6) is -0.441. The number of carbonyl (C=O) groups excluding carboxylic acids is 1. The molecule has 0 amide bonds. The van der Waals surface area contributed by atoms with E-state index < -0.39 is 5.97 Å². The van der Waals surface area contributed by atoms with Gasteiger partial charge in [-0.05, 0) is 19.4 Å². The lowest BCUT2D eigenvalue weighted by Crippen LogP contribution is -2.07. The molecule has 0 saturated carbocycles. The van der Waals surface area contributed by atoms with Gasteiger partial charge in [-0.25, -0.2) is 9.48 Å². The van der Waals surface area contributed by atoms with Crippen LogP contribution in [0.2, 0.25) is 0 Å². The van der Waals surface area contributed by atoms with Crippen molar-refractivity contribution in [2.24, 2.45) is 0 Å². The van der Waals surface area contributed by atoms with Crippen LogP contribution in [0.25, 0.3) is 0 Å². The van der Waals surface area contributed by atoms with Crippen LogP contribution in [0.3, 0.4) is 0 Å². The number of rotatable bonds is 4. The molecule has 1 heterocycles. The van der Waals surface area contributed by atoms with E-state index in [0.717, 1.165) is 5.56 Å². The van der Waals surface area contributed by atoms with E-state index in [1.165, 1.54) is 0 Å². The number of ether oxygens (including phenoxy) is 1. The molecule has 94 valence electrons. The van der Waals surface area contributed by atoms with Gasteiger partial charge < -0.3 is 4.74 Å². The lowest BCUT2D eigenvalue weighted by molar-refractivity contribution is 0.0519. The summed E-state index contributed by atoms with van der Waals surface area (Å²) in [5.41, 5.74) is 1.34. The van der Waals surface area contributed by atoms with E-state index in [2.05, 4.69) is 10.3 Å². The molecule has 5 nitrogen and oxygen atoms in total. The Hall–Kier alpha value is -2.17. The first-order chi connectivity index (χ1) is 8.72. The van der Waals surface area contributed by atoms with E-state index >= 15 is 0 Å². The summed E-state index contributed by atoms with van der Waals surface area (Å²) in [7, 11) is 0. The highest BCUT2D eigenvalue weighted by molar-refractivity contribution is 5.86. The molecule has 1 aromatic heterocycles. The third-order valence-electron chi connectivity index (χ3n) is 2.67. The number of nitrogens with zero attached hydrogens (tertiary/aromatic N) is 3. The van der Waals surface area contributed by atoms with Crippen LogP contribution < -0.4 is 0 Å². The maximum Gasteiger partial charge on any atom is 0.360 e. The number of hydrogen-bond donors (Lipinski definition) is 0. The summed E-state index contributed by atoms with van der Waals surface area (Å²) >= 11 is 0. The summed E-state index contributed by atoms with van der Waals surface area (Å²) in [6.45, 7) is 4.09. The largest absolute Gasteiger partial charge is 0.461 e. The van der Waals surface area contributed by atoms with E-state index in [0.29, 0.717) is 6.61 Å². The van der Waals surface area contributed by atoms with Crippen molar-refractivity contribution >= 4 is 5.97 Å². The number of benzene rings is 1. The average Bonchev–Trinajstić information content (AvgIpc) is 2.89. The molecule has 0 bridgehead atoms. The van der Waals surface area contributed by atoms with Gasteiger partial charge in [0.2, 0.25) is 0 Å². The number of aromatic nitrogens is 3. The number of hydrogen-bond acceptors (Lipinski definition) is 4. The molecule has 1 aromatic carbocycles. The van der Waals surface area contributed by atoms with Gasteiger partial charge in [-0.3, -0.25) is 0 Å². The van der Waals surface area contributed by atoms with Gasteiger partial charge in [0.25, 0.3) is 0 Å². The summed E-state index contributed by atoms with van der Waals surface area (Å²) in [6.07, 6.45) is 1.61. The zero-order valence-electron chi connectivity index (χ0n) is 10.4. The number of esters is 1. The van der Waals surface area contributed by atoms with Gasteiger partial charge in [-0.2, -0.15) is 0 Å². The summed E-state index contributed by atoms with van der Waals surface area (Å²) < 4.78 is 6.53. The molecule has 2 rings (SSSR count). The molecule has 0 spiro atoms. The summed E-state index contributed by atoms with van der Waals surface area (Å²) in [5, 5.41) is 7.78. The van der Waals surface area contributed by atoms with Gasteiger partial charge in [-0.15, -0.1) is 5.10 Å². The van der Waals surface area contributed by atoms with Crippen molar-refractivity contribution in [3.05, 3.63) is 47.8 Å². The van der Waals surface area contributed by atoms with E-state index in [1.54, 1.807) is 17.8 Å². The highest BCUT2D eigenvalue weighted by atomic mass is 16.5. The van der Waals surface area contributed by atoms with Crippen LogP contribution in [0.4, 0.5) is 0 Å². The van der Waals surface area contributed by atoms with Crippen LogP contribution in [-0.2, 0) is 4.74 Å². The minimum atomic E-state index is -0.441. The lowest BCUT2D eigenvalue weighted by atomic mass is 10.1. The van der Waals surface area contributed by atoms with Crippen molar-refractivity contribution in [1.82, 2.24) is 15.0 Å². The fourth-order valence-corrected chi connectivity index (χ4v) is 1.65. The van der Waals surface area contributed by atoms with Gasteiger partial charge >= 0.3 is 5.97 Å². The van der Waals surface area contributed by atoms with E-state index in [-0.39, 0.29) is 11.7 Å². The van der Waals surface area contributed by atoms with Crippen molar-refractivity contribution in [3.63, 3.8) is 0 Å². The predicted octanol–water partition coefficient (Wildman–Crippen LogP) is 2.06. The minimum Gasteiger partial charge on any atom is -0.461 e. The molecule has 0 fully saturated rings. The molecule has 0 aliphatic carbocycles. The standard InChI is InChI=1S/C13H15N3O2/c1-3-18-13(17)12-9-16(15-14-12)10(2)11-7-5-4-6-8-11/h4-10H,3H2,1-2H3. The Bertz CT molecular complexity index is 522. The Morgan fingerprint density at radius 2 is 2.11 bits per heavy atom. The molecular formula is C13H15N3O2. The summed E-state index contributed by atoms with van der Waals surface area (Å²) in [6, 6.07) is 9.94. The van der Waals surface area contributed by atoms with Crippen LogP contribution >= 0.6 is 0 Å². The number of carbonyl (C=O) groups is 1. The topological polar surface area (TPSA) is 57.0 Å². The predicted molar refractivity (Wildman–Crippen MR) is 66.2 cm³/mol. The zero-order chi connectivity index (χ0) is 13.0. The SMILES string of the molecule is CCOC(=O)c1cn(C(C)c2ccccc2)nn1. The fraction of sp³-hybridized carbons (Fsp3) is 0.308. The minimum absolute atomic E-state index is 0.0295. The molecule has 0 saturated heterocycles. The Morgan fingerprint density at radius 3 is 2.78 bits per heavy atom. The fourth-order valence-electron chi connectivity index (χ4n) is 1.65. The van der Waals surface area contributed by atoms with Crippen molar-refractivity contribution in [2.45, 2.75) is 19.9 Å². The first-order valence-corrected chi connectivity index (χ1v) is 5.86. The average molecular weight is 245 g/mol. The maximum absolute atomic E-state index is 11.5. The van der Waals surface area contributed by atoms with E-state index in [1.807, 2.05) is 37.3 Å². The van der Waals surface area contributed by atoms with Crippen LogP contribution in [0.5, 0.6) is 0 Å². The van der Waals surface area contributed by atoms with Crippen LogP contribution in [0.1, 0.15) is 35.9 Å². The molecule has 2 aromatic rings. The van der Waals surface area contributed by atoms with Crippen molar-refractivity contribution in [2.75, 3.05) is 6.61 Å². The van der Waals surface area contributed by atoms with Crippen molar-refractivity contribution in [1.29, 1.82) is 0 Å². The zero-order valence-corrected chi connectivity index (χ0v) is 10.4. The van der Waals surface area contributed by atoms with Crippen molar-refractivity contribution < 1.29 is 9.53 Å². The normalized spacial score (nSPS) is 12.1. The Labute approximate surface area is 105 Å². The maximum atomic E-state index is 11.5. The highest BCUT2D eigenvalue weighted by Crippen LogP contribution is 2.16. The summed E-state index contributed by atoms with van der Waals surface area (Å²) in [4.78, 5) is 11.5. The van der Waals surface area contributed by atoms with Crippen LogP contribution in [0.15, 0.2) is 36.5 Å². The molecule has 1 unspecified atom stereocenters. The van der Waals surface area contributed by atoms with Gasteiger partial charge in [0, 0.05) is 0 Å². The van der Waals surface area contributed by atoms with Crippen LogP contribution in [-0.4, -0.2) is 27.6 Å². The van der Waals surface area contributed by atoms with Gasteiger partial charge in [0.05, 0.1) is 18.8 Å². The molecule has 5 heteroatoms. The second-order valence-electron chi connectivity index (χ2n) is 3.89. The molecule has 18 heavy (non-hydrogen) atoms. The smallest absolute Gasteiger partial charge is 0.360 e. The first-order valence-electron chi connectivity index (χ1n) is 5.86. The molecular weight excluding hydrogens is 230 g/mol. The molecule has 0 N–H and O–H groups in total. The molecule has 0 aliphatic heterocycles. The Morgan fingerprint density at radius 1 is 1.39 bits per heavy atom. The van der Waals surface area contributed by atoms with Gasteiger partial charge in [-0.1, -0.05) is 35.5 Å². The highest BCUT2D eigenvalue weighted by Gasteiger charge is 2.15. The first kappa shape index (κ1) is 12.3. The quantitative estimate of drug-likeness (QED) is 0.774. The molecule has 0 radical (unpaired) electrons. The van der Waals surface area contributed by atoms with E-state index in [4.69, 9.17) is 4.74 Å². The monoisotopic (exact) mass is 245 g/mol. The van der Waals surface area contributed by atoms with Gasteiger partial charge in [0.15, 0.2) is 5.69 Å². The Kier molecular flexibility index (Phi) is 3.72. The van der Waals surface area contributed by atoms with Crippen LogP contribution in [0, 0.1) is 0 Å². The van der Waals surface area contributed by atoms with Crippen molar-refractivity contribution in [3.8, 4) is 0 Å². The molecule has 0 aliphatic rings. The second-order valence-corrected chi connectivity index (χ2v) is 3.89. The second kappa shape index (κ2) is 5.44.